The van der Waals surface area contributed by atoms with Crippen LogP contribution in [0.15, 0.2) is 28.6 Å². The normalized spacial score (nSPS) is 15.7. The highest BCUT2D eigenvalue weighted by molar-refractivity contribution is 8.01. The van der Waals surface area contributed by atoms with Crippen LogP contribution in [0.5, 0.6) is 0 Å². The number of rotatable bonds is 5. The summed E-state index contributed by atoms with van der Waals surface area (Å²) in [4.78, 5) is 12.2. The Morgan fingerprint density at radius 2 is 1.96 bits per heavy atom. The van der Waals surface area contributed by atoms with Gasteiger partial charge in [-0.2, -0.15) is 0 Å². The lowest BCUT2D eigenvalue weighted by Gasteiger charge is -2.15. The minimum absolute atomic E-state index is 0.0475. The highest BCUT2D eigenvalue weighted by Crippen LogP contribution is 2.24. The van der Waals surface area contributed by atoms with E-state index in [2.05, 4.69) is 10.4 Å². The van der Waals surface area contributed by atoms with Gasteiger partial charge in [0, 0.05) is 6.04 Å². The molecule has 1 N–H and O–H groups in total. The van der Waals surface area contributed by atoms with Crippen LogP contribution in [0.2, 0.25) is 0 Å². The van der Waals surface area contributed by atoms with E-state index in [9.17, 15) is 9.18 Å². The van der Waals surface area contributed by atoms with Gasteiger partial charge in [-0.1, -0.05) is 48.8 Å². The van der Waals surface area contributed by atoms with Crippen molar-refractivity contribution in [3.63, 3.8) is 0 Å². The van der Waals surface area contributed by atoms with Crippen LogP contribution in [0.4, 0.5) is 4.39 Å². The molecule has 134 valence electrons. The molecule has 2 aromatic rings. The second kappa shape index (κ2) is 8.91. The number of hydrogen-bond donors (Lipinski definition) is 1. The zero-order valence-corrected chi connectivity index (χ0v) is 16.2. The Bertz CT molecular complexity index is 764. The van der Waals surface area contributed by atoms with Gasteiger partial charge in [0.05, 0.1) is 11.4 Å². The van der Waals surface area contributed by atoms with E-state index in [4.69, 9.17) is 12.2 Å². The van der Waals surface area contributed by atoms with E-state index < -0.39 is 0 Å². The summed E-state index contributed by atoms with van der Waals surface area (Å²) in [6, 6.07) is 6.34. The van der Waals surface area contributed by atoms with Crippen LogP contribution in [-0.4, -0.2) is 27.5 Å². The molecule has 1 fully saturated rings. The standard InChI is InChI=1S/C17H20FN3OS3/c18-12-7-9-14(10-8-12)21-17(23)25-16(20-21)24-11-15(22)19-13-5-3-1-2-4-6-13/h7-10,13H,1-6,11H2,(H,19,22). The van der Waals surface area contributed by atoms with E-state index in [-0.39, 0.29) is 11.7 Å². The van der Waals surface area contributed by atoms with Crippen LogP contribution in [0, 0.1) is 9.77 Å². The van der Waals surface area contributed by atoms with Crippen LogP contribution in [0.25, 0.3) is 5.69 Å². The van der Waals surface area contributed by atoms with Crippen LogP contribution in [0.3, 0.4) is 0 Å². The maximum Gasteiger partial charge on any atom is 0.230 e. The smallest absolute Gasteiger partial charge is 0.230 e. The third kappa shape index (κ3) is 5.36. The second-order valence-corrected chi connectivity index (χ2v) is 8.91. The van der Waals surface area contributed by atoms with Crippen LogP contribution >= 0.6 is 35.3 Å². The van der Waals surface area contributed by atoms with Crippen molar-refractivity contribution in [1.82, 2.24) is 15.1 Å². The summed E-state index contributed by atoms with van der Waals surface area (Å²) in [5, 5.41) is 7.57. The zero-order valence-electron chi connectivity index (χ0n) is 13.7. The predicted molar refractivity (Wildman–Crippen MR) is 103 cm³/mol. The number of benzene rings is 1. The first-order valence-corrected chi connectivity index (χ1v) is 10.6. The molecule has 0 spiro atoms. The van der Waals surface area contributed by atoms with Crippen molar-refractivity contribution in [2.45, 2.75) is 48.9 Å². The molecule has 1 aromatic heterocycles. The van der Waals surface area contributed by atoms with Crippen molar-refractivity contribution in [2.24, 2.45) is 0 Å². The Morgan fingerprint density at radius 3 is 2.64 bits per heavy atom. The maximum absolute atomic E-state index is 13.0. The first-order chi connectivity index (χ1) is 12.1. The van der Waals surface area contributed by atoms with Gasteiger partial charge in [-0.25, -0.2) is 9.07 Å². The summed E-state index contributed by atoms with van der Waals surface area (Å²) >= 11 is 8.07. The zero-order chi connectivity index (χ0) is 17.6. The molecule has 25 heavy (non-hydrogen) atoms. The molecular weight excluding hydrogens is 377 g/mol. The first kappa shape index (κ1) is 18.5. The SMILES string of the molecule is O=C(CSc1nn(-c2ccc(F)cc2)c(=S)s1)NC1CCCCCC1. The van der Waals surface area contributed by atoms with Crippen molar-refractivity contribution < 1.29 is 9.18 Å². The molecule has 0 radical (unpaired) electrons. The van der Waals surface area contributed by atoms with Crippen molar-refractivity contribution in [2.75, 3.05) is 5.75 Å². The number of thioether (sulfide) groups is 1. The minimum Gasteiger partial charge on any atom is -0.353 e. The van der Waals surface area contributed by atoms with Gasteiger partial charge >= 0.3 is 0 Å². The van der Waals surface area contributed by atoms with E-state index in [0.29, 0.717) is 15.7 Å². The molecule has 1 aliphatic carbocycles. The minimum atomic E-state index is -0.296. The molecule has 1 aromatic carbocycles. The van der Waals surface area contributed by atoms with Gasteiger partial charge in [0.25, 0.3) is 0 Å². The molecule has 0 aliphatic heterocycles. The molecule has 0 saturated heterocycles. The summed E-state index contributed by atoms with van der Waals surface area (Å²) in [5.74, 6) is 0.0870. The maximum atomic E-state index is 13.0. The average Bonchev–Trinajstić information content (AvgIpc) is 2.79. The third-order valence-corrected chi connectivity index (χ3v) is 6.51. The topological polar surface area (TPSA) is 46.9 Å². The Kier molecular flexibility index (Phi) is 6.61. The Morgan fingerprint density at radius 1 is 1.28 bits per heavy atom. The van der Waals surface area contributed by atoms with Crippen LogP contribution in [0.1, 0.15) is 38.5 Å². The molecule has 0 bridgehead atoms. The largest absolute Gasteiger partial charge is 0.353 e. The van der Waals surface area contributed by atoms with Crippen LogP contribution in [-0.2, 0) is 4.79 Å². The van der Waals surface area contributed by atoms with E-state index in [1.807, 2.05) is 0 Å². The Labute approximate surface area is 159 Å². The molecule has 4 nitrogen and oxygen atoms in total. The van der Waals surface area contributed by atoms with Gasteiger partial charge in [-0.05, 0) is 49.3 Å². The summed E-state index contributed by atoms with van der Waals surface area (Å²) in [6.07, 6.45) is 7.09. The van der Waals surface area contributed by atoms with Crippen molar-refractivity contribution in [1.29, 1.82) is 0 Å². The number of hydrogen-bond acceptors (Lipinski definition) is 5. The van der Waals surface area contributed by atoms with E-state index in [0.717, 1.165) is 22.9 Å². The molecule has 1 amide bonds. The highest BCUT2D eigenvalue weighted by atomic mass is 32.2. The highest BCUT2D eigenvalue weighted by Gasteiger charge is 2.15. The molecule has 1 aliphatic rings. The molecule has 1 saturated carbocycles. The summed E-state index contributed by atoms with van der Waals surface area (Å²) < 4.78 is 16.0. The quantitative estimate of drug-likeness (QED) is 0.450. The first-order valence-electron chi connectivity index (χ1n) is 8.40. The van der Waals surface area contributed by atoms with E-state index in [1.54, 1.807) is 16.8 Å². The van der Waals surface area contributed by atoms with Gasteiger partial charge in [-0.3, -0.25) is 4.79 Å². The number of nitrogens with one attached hydrogen (secondary N) is 1. The predicted octanol–water partition coefficient (Wildman–Crippen LogP) is 4.73. The number of carbonyl (C=O) groups excluding carboxylic acids is 1. The van der Waals surface area contributed by atoms with Gasteiger partial charge < -0.3 is 5.32 Å². The van der Waals surface area contributed by atoms with Crippen molar-refractivity contribution >= 4 is 41.2 Å². The van der Waals surface area contributed by atoms with E-state index in [1.165, 1.54) is 60.9 Å². The van der Waals surface area contributed by atoms with Gasteiger partial charge in [-0.15, -0.1) is 5.10 Å². The van der Waals surface area contributed by atoms with Gasteiger partial charge in [0.1, 0.15) is 5.82 Å². The summed E-state index contributed by atoms with van der Waals surface area (Å²) in [5.41, 5.74) is 0.720. The van der Waals surface area contributed by atoms with Crippen LogP contribution < -0.4 is 5.32 Å². The van der Waals surface area contributed by atoms with E-state index >= 15 is 0 Å². The van der Waals surface area contributed by atoms with Gasteiger partial charge in [0.15, 0.2) is 8.29 Å². The number of amides is 1. The molecule has 8 heteroatoms. The fraction of sp³-hybridized carbons (Fsp3) is 0.471. The fourth-order valence-electron chi connectivity index (χ4n) is 2.88. The lowest BCUT2D eigenvalue weighted by Crippen LogP contribution is -2.35. The average molecular weight is 398 g/mol. The monoisotopic (exact) mass is 397 g/mol. The van der Waals surface area contributed by atoms with Gasteiger partial charge in [0.2, 0.25) is 5.91 Å². The third-order valence-electron chi connectivity index (χ3n) is 4.15. The lowest BCUT2D eigenvalue weighted by molar-refractivity contribution is -0.119. The Balaban J connectivity index is 1.56. The molecule has 0 atom stereocenters. The second-order valence-electron chi connectivity index (χ2n) is 6.07. The molecule has 1 heterocycles. The number of aromatic nitrogens is 2. The number of halogens is 1. The molecule has 3 rings (SSSR count). The Hall–Kier alpha value is -1.25. The molecule has 0 unspecified atom stereocenters. The fourth-order valence-corrected chi connectivity index (χ4v) is 5.06. The van der Waals surface area contributed by atoms with Crippen molar-refractivity contribution in [3.8, 4) is 5.69 Å². The summed E-state index contributed by atoms with van der Waals surface area (Å²) in [6.45, 7) is 0. The molecular formula is C17H20FN3OS3. The number of carbonyl (C=O) groups is 1. The van der Waals surface area contributed by atoms with Crippen molar-refractivity contribution in [3.05, 3.63) is 34.0 Å². The number of nitrogens with zero attached hydrogens (tertiary/aromatic N) is 2. The summed E-state index contributed by atoms with van der Waals surface area (Å²) in [7, 11) is 0. The lowest BCUT2D eigenvalue weighted by atomic mass is 10.1.